The van der Waals surface area contributed by atoms with Gasteiger partial charge in [0.1, 0.15) is 31.1 Å². The highest BCUT2D eigenvalue weighted by Gasteiger charge is 2.41. The second kappa shape index (κ2) is 55.5. The zero-order chi connectivity index (χ0) is 90.0. The van der Waals surface area contributed by atoms with Gasteiger partial charge in [0, 0.05) is 52.4 Å². The van der Waals surface area contributed by atoms with Crippen molar-refractivity contribution in [1.29, 1.82) is 1.28 Å². The molecule has 0 bridgehead atoms. The fourth-order valence-electron chi connectivity index (χ4n) is 10.1. The van der Waals surface area contributed by atoms with Crippen LogP contribution in [0.15, 0.2) is 341 Å². The number of aldehydes is 3. The van der Waals surface area contributed by atoms with Gasteiger partial charge in [-0.1, -0.05) is 424 Å². The average molecular weight is 1970 g/mol. The van der Waals surface area contributed by atoms with Crippen LogP contribution in [0.3, 0.4) is 0 Å². The van der Waals surface area contributed by atoms with Crippen LogP contribution in [0, 0.1) is 0 Å². The first kappa shape index (κ1) is 108. The highest BCUT2D eigenvalue weighted by atomic mass is 79.9. The van der Waals surface area contributed by atoms with Crippen LogP contribution >= 0.6 is 91.3 Å². The lowest BCUT2D eigenvalue weighted by Crippen LogP contribution is -2.42. The lowest BCUT2D eigenvalue weighted by molar-refractivity contribution is 0.103. The summed E-state index contributed by atoms with van der Waals surface area (Å²) in [7, 11) is -4.84. The van der Waals surface area contributed by atoms with E-state index < -0.39 is 36.2 Å². The minimum atomic E-state index is -1.92. The molecule has 5 atom stereocenters. The molecule has 19 heteroatoms. The number of aliphatic hydroxyl groups excluding tert-OH is 2. The van der Waals surface area contributed by atoms with Crippen molar-refractivity contribution in [2.45, 2.75) is 156 Å². The first-order chi connectivity index (χ1) is 57.2. The van der Waals surface area contributed by atoms with E-state index in [0.29, 0.717) is 47.6 Å². The molecular weight excluding hydrogens is 1840 g/mol. The monoisotopic (exact) mass is 1960 g/mol. The largest absolute Gasteiger partial charge is 0.406 e. The molecule has 5 unspecified atom stereocenters. The van der Waals surface area contributed by atoms with Crippen LogP contribution in [0.5, 0.6) is 0 Å². The van der Waals surface area contributed by atoms with E-state index in [4.69, 9.17) is 44.4 Å². The van der Waals surface area contributed by atoms with Crippen molar-refractivity contribution in [2.24, 2.45) is 0 Å². The zero-order valence-electron chi connectivity index (χ0n) is 72.4. The molecule has 2 N–H and O–H groups in total. The molecule has 0 aromatic heterocycles. The number of carbonyl (C=O) groups excluding carboxylic acids is 5. The lowest BCUT2D eigenvalue weighted by Gasteiger charge is -2.39. The fourth-order valence-corrected chi connectivity index (χ4v) is 13.3. The van der Waals surface area contributed by atoms with E-state index in [1.807, 2.05) is 207 Å². The maximum atomic E-state index is 12.0. The van der Waals surface area contributed by atoms with E-state index in [-0.39, 0.29) is 54.0 Å². The molecule has 0 amide bonds. The van der Waals surface area contributed by atoms with Crippen LogP contribution in [0.4, 0.5) is 0 Å². The summed E-state index contributed by atoms with van der Waals surface area (Å²) in [6.07, 6.45) is 1.14. The minimum absolute atomic E-state index is 0. The maximum absolute atomic E-state index is 12.0. The Bertz CT molecular complexity index is 4920. The van der Waals surface area contributed by atoms with Crippen molar-refractivity contribution in [3.63, 3.8) is 0 Å². The van der Waals surface area contributed by atoms with Gasteiger partial charge in [-0.2, -0.15) is 11.1 Å². The maximum Gasteiger partial charge on any atom is 0.193 e. The number of alkyl halides is 2. The predicted octanol–water partition coefficient (Wildman–Crippen LogP) is 31.1. The van der Waals surface area contributed by atoms with Crippen LogP contribution in [0.1, 0.15) is 209 Å². The molecule has 0 aliphatic rings. The Balaban J connectivity index is 0.000000486. The Morgan fingerprint density at radius 3 is 0.762 bits per heavy atom. The van der Waals surface area contributed by atoms with Crippen molar-refractivity contribution < 1.29 is 43.0 Å². The molecule has 12 aromatic rings. The first-order valence-corrected chi connectivity index (χ1v) is 53.4. The Kier molecular flexibility index (Phi) is 49.4. The van der Waals surface area contributed by atoms with Gasteiger partial charge in [0.05, 0.1) is 18.8 Å². The Labute approximate surface area is 775 Å². The molecule has 122 heavy (non-hydrogen) atoms. The van der Waals surface area contributed by atoms with Crippen LogP contribution in [-0.4, -0.2) is 77.9 Å². The molecule has 0 spiro atoms. The Morgan fingerprint density at radius 1 is 0.352 bits per heavy atom. The van der Waals surface area contributed by atoms with Crippen LogP contribution in [-0.2, 0) is 8.85 Å². The van der Waals surface area contributed by atoms with Gasteiger partial charge < -0.3 is 19.1 Å². The number of hydrogen-bond acceptors (Lipinski definition) is 9. The molecular formula is C103H123Br3Cl3O9PSi3. The summed E-state index contributed by atoms with van der Waals surface area (Å²) >= 11 is 25.9. The van der Waals surface area contributed by atoms with E-state index in [1.165, 1.54) is 11.1 Å². The molecule has 12 aromatic carbocycles. The molecule has 0 aliphatic carbocycles. The topological polar surface area (TPSA) is 144 Å². The third kappa shape index (κ3) is 38.0. The number of carbonyl (C=O) groups is 5. The van der Waals surface area contributed by atoms with Gasteiger partial charge in [0.15, 0.2) is 35.6 Å². The molecule has 0 heterocycles. The van der Waals surface area contributed by atoms with Gasteiger partial charge in [-0.3, -0.25) is 24.0 Å². The normalized spacial score (nSPS) is 12.0. The van der Waals surface area contributed by atoms with E-state index >= 15 is 0 Å². The highest BCUT2D eigenvalue weighted by Crippen LogP contribution is 2.44. The Hall–Kier alpha value is -7.78. The standard InChI is InChI=1S/C20H26O2Si.C19H25BrOSi.C14H12O2.C14H10O2.C13H11BrO.C13H9BrO.C6H15ClSi.CH2Cl2.CH5P.2CH4/c1-20(2,3)23(4,5)22-19(17-9-7-6-8-10-17)18-13-11-16(15-21)12-14-18;1-19(2,3)22(4,5)21-18(15-9-7-6-8-10-15)16-11-13-17(20)14-12-16;2*15-10-11-6-8-13(9-7-11)14(16)12-4-2-1-3-5-12;2*14-12-8-6-11(7-9-12)13(15)10-4-2-1-3-5-10;1-6(2,3)8(4,5)7;2-1-3;1-2;;/h6-15,19H,1-5H3;6-14,18H,1-5H3;1-10,14,16H;1-10H;1-9,13,15H;1-9H;1-5H3;1H2;2H2,1H3;2*1H4/i;;;;;;;;2D;;. The van der Waals surface area contributed by atoms with Gasteiger partial charge in [-0.25, -0.2) is 0 Å². The molecule has 0 fully saturated rings. The lowest BCUT2D eigenvalue weighted by atomic mass is 10.0. The van der Waals surface area contributed by atoms with Gasteiger partial charge in [0.25, 0.3) is 0 Å². The van der Waals surface area contributed by atoms with Crippen molar-refractivity contribution in [2.75, 3.05) is 12.0 Å². The third-order valence-corrected chi connectivity index (χ3v) is 36.0. The smallest absolute Gasteiger partial charge is 0.193 e. The van der Waals surface area contributed by atoms with Crippen molar-refractivity contribution in [1.82, 2.24) is 0 Å². The van der Waals surface area contributed by atoms with Gasteiger partial charge >= 0.3 is 0 Å². The quantitative estimate of drug-likeness (QED) is 0.0202. The summed E-state index contributed by atoms with van der Waals surface area (Å²) in [5.41, 5.74) is 12.7. The molecule has 12 rings (SSSR count). The molecule has 648 valence electrons. The molecule has 0 aliphatic heterocycles. The van der Waals surface area contributed by atoms with Crippen LogP contribution < -0.4 is 0 Å². The minimum Gasteiger partial charge on any atom is -0.406 e. The van der Waals surface area contributed by atoms with Crippen molar-refractivity contribution >= 4 is 146 Å². The van der Waals surface area contributed by atoms with Crippen LogP contribution in [0.25, 0.3) is 0 Å². The van der Waals surface area contributed by atoms with E-state index in [0.717, 1.165) is 71.2 Å². The number of halogens is 6. The van der Waals surface area contributed by atoms with E-state index in [2.05, 4.69) is 216 Å². The Morgan fingerprint density at radius 2 is 0.525 bits per heavy atom. The van der Waals surface area contributed by atoms with Gasteiger partial charge in [0.2, 0.25) is 0 Å². The zero-order valence-corrected chi connectivity index (χ0v) is 82.5. The highest BCUT2D eigenvalue weighted by molar-refractivity contribution is 9.11. The fraction of sp³-hybridized carbons (Fsp3) is 0.252. The van der Waals surface area contributed by atoms with Gasteiger partial charge in [-0.15, -0.1) is 32.4 Å². The van der Waals surface area contributed by atoms with Crippen molar-refractivity contribution in [3.05, 3.63) is 424 Å². The molecule has 9 nitrogen and oxygen atoms in total. The second-order valence-corrected chi connectivity index (χ2v) is 52.4. The predicted molar refractivity (Wildman–Crippen MR) is 541 cm³/mol. The summed E-state index contributed by atoms with van der Waals surface area (Å²) in [4.78, 5) is 55.8. The summed E-state index contributed by atoms with van der Waals surface area (Å²) < 4.78 is 22.8. The first-order valence-electron chi connectivity index (χ1n) is 39.6. The summed E-state index contributed by atoms with van der Waals surface area (Å²) in [6, 6.07) is 103. The molecule has 0 saturated heterocycles. The number of rotatable bonds is 19. The number of ketones is 2. The number of hydrogen-bond donors (Lipinski definition) is 2. The average Bonchev–Trinajstić information content (AvgIpc) is 0.801. The van der Waals surface area contributed by atoms with Gasteiger partial charge in [-0.05, 0) is 134 Å². The number of benzene rings is 12. The van der Waals surface area contributed by atoms with E-state index in [9.17, 15) is 34.2 Å². The number of aliphatic hydroxyl groups is 2. The SMILES string of the molecule is C.C.CC(C)(C)[Si](C)(C)Cl.CC(C)(C)[Si](C)(C)OC(c1ccccc1)c1ccc(Br)cc1.CC(C)(C)[Si](C)(C)OC(c1ccccc1)c1ccc(C=O)cc1.ClCCl.O=C(c1ccccc1)c1ccc(Br)cc1.O=Cc1ccc(C(=O)c2ccccc2)cc1.O=Cc1ccc(C(O)c2ccccc2)cc1.OC(c1ccccc1)c1ccc(Br)cc1.[2H]PC. The summed E-state index contributed by atoms with van der Waals surface area (Å²) in [6.45, 7) is 35.5. The second-order valence-electron chi connectivity index (χ2n) is 32.1. The van der Waals surface area contributed by atoms with Crippen LogP contribution in [0.2, 0.25) is 54.4 Å². The summed E-state index contributed by atoms with van der Waals surface area (Å²) in [5.74, 6) is 0.0288. The van der Waals surface area contributed by atoms with E-state index in [1.54, 1.807) is 60.7 Å². The summed E-state index contributed by atoms with van der Waals surface area (Å²) in [5, 5.41) is 21.0. The third-order valence-electron chi connectivity index (χ3n) is 20.3. The van der Waals surface area contributed by atoms with Crippen molar-refractivity contribution in [3.8, 4) is 0 Å². The molecule has 0 saturated carbocycles. The molecule has 0 radical (unpaired) electrons.